The number of Topliss-reactive ketones (excluding diaryl/α,β-unsaturated/α-hetero) is 1. The Kier molecular flexibility index (Phi) is 6.75. The molecule has 1 amide bonds. The van der Waals surface area contributed by atoms with Gasteiger partial charge in [-0.15, -0.1) is 0 Å². The standard InChI is InChI=1S/C23H22F3N3O4/c1-13-20(14(2)29(28-13)17-7-5-6-16(11-17)23(24,25)26)21(30)22(31)27-12-15-10-18(32-3)8-9-19(15)33-4/h5-11H,12H2,1-4H3,(H,27,31). The predicted molar refractivity (Wildman–Crippen MR) is 114 cm³/mol. The van der Waals surface area contributed by atoms with Crippen LogP contribution in [0.5, 0.6) is 11.5 Å². The summed E-state index contributed by atoms with van der Waals surface area (Å²) in [5.41, 5.74) is 0.403. The molecule has 1 N–H and O–H groups in total. The fraction of sp³-hybridized carbons (Fsp3) is 0.261. The predicted octanol–water partition coefficient (Wildman–Crippen LogP) is 4.02. The van der Waals surface area contributed by atoms with Gasteiger partial charge in [0.2, 0.25) is 0 Å². The van der Waals surface area contributed by atoms with Crippen LogP contribution in [0, 0.1) is 13.8 Å². The Hall–Kier alpha value is -3.82. The van der Waals surface area contributed by atoms with Gasteiger partial charge in [-0.3, -0.25) is 9.59 Å². The number of amides is 1. The smallest absolute Gasteiger partial charge is 0.416 e. The molecular formula is C23H22F3N3O4. The molecule has 0 saturated carbocycles. The zero-order chi connectivity index (χ0) is 24.3. The minimum absolute atomic E-state index is 0.00477. The highest BCUT2D eigenvalue weighted by molar-refractivity contribution is 6.43. The van der Waals surface area contributed by atoms with Gasteiger partial charge in [-0.25, -0.2) is 4.68 Å². The number of alkyl halides is 3. The van der Waals surface area contributed by atoms with Gasteiger partial charge in [-0.2, -0.15) is 18.3 Å². The molecule has 0 radical (unpaired) electrons. The van der Waals surface area contributed by atoms with Crippen molar-refractivity contribution in [2.24, 2.45) is 0 Å². The molecule has 0 fully saturated rings. The monoisotopic (exact) mass is 461 g/mol. The number of carbonyl (C=O) groups excluding carboxylic acids is 2. The maximum atomic E-state index is 13.1. The number of nitrogens with zero attached hydrogens (tertiary/aromatic N) is 2. The van der Waals surface area contributed by atoms with E-state index >= 15 is 0 Å². The Bertz CT molecular complexity index is 1200. The maximum Gasteiger partial charge on any atom is 0.416 e. The van der Waals surface area contributed by atoms with Crippen LogP contribution < -0.4 is 14.8 Å². The summed E-state index contributed by atoms with van der Waals surface area (Å²) in [6.07, 6.45) is -4.52. The van der Waals surface area contributed by atoms with Crippen molar-refractivity contribution < 1.29 is 32.2 Å². The number of hydrogen-bond acceptors (Lipinski definition) is 5. The van der Waals surface area contributed by atoms with Crippen LogP contribution in [0.2, 0.25) is 0 Å². The van der Waals surface area contributed by atoms with Crippen molar-refractivity contribution in [3.8, 4) is 17.2 Å². The van der Waals surface area contributed by atoms with E-state index in [9.17, 15) is 22.8 Å². The lowest BCUT2D eigenvalue weighted by Crippen LogP contribution is -2.31. The van der Waals surface area contributed by atoms with Gasteiger partial charge in [0.15, 0.2) is 0 Å². The average Bonchev–Trinajstić information content (AvgIpc) is 3.09. The fourth-order valence-corrected chi connectivity index (χ4v) is 3.43. The van der Waals surface area contributed by atoms with Gasteiger partial charge in [0.05, 0.1) is 42.4 Å². The summed E-state index contributed by atoms with van der Waals surface area (Å²) in [4.78, 5) is 25.4. The van der Waals surface area contributed by atoms with E-state index in [1.54, 1.807) is 18.2 Å². The zero-order valence-corrected chi connectivity index (χ0v) is 18.4. The van der Waals surface area contributed by atoms with Crippen LogP contribution in [0.15, 0.2) is 42.5 Å². The first kappa shape index (κ1) is 23.8. The molecule has 0 atom stereocenters. The van der Waals surface area contributed by atoms with Crippen molar-refractivity contribution in [1.29, 1.82) is 0 Å². The topological polar surface area (TPSA) is 82.4 Å². The number of benzene rings is 2. The Balaban J connectivity index is 1.84. The van der Waals surface area contributed by atoms with E-state index in [2.05, 4.69) is 10.4 Å². The van der Waals surface area contributed by atoms with Crippen molar-refractivity contribution in [2.75, 3.05) is 14.2 Å². The molecule has 33 heavy (non-hydrogen) atoms. The first-order chi connectivity index (χ1) is 15.6. The number of rotatable bonds is 7. The van der Waals surface area contributed by atoms with Gasteiger partial charge < -0.3 is 14.8 Å². The van der Waals surface area contributed by atoms with Crippen LogP contribution in [0.1, 0.15) is 32.9 Å². The number of hydrogen-bond donors (Lipinski definition) is 1. The van der Waals surface area contributed by atoms with Gasteiger partial charge in [-0.05, 0) is 50.2 Å². The molecule has 10 heteroatoms. The second-order valence-corrected chi connectivity index (χ2v) is 7.20. The molecule has 1 aromatic heterocycles. The molecular weight excluding hydrogens is 439 g/mol. The van der Waals surface area contributed by atoms with Crippen LogP contribution >= 0.6 is 0 Å². The fourth-order valence-electron chi connectivity index (χ4n) is 3.43. The number of halogens is 3. The van der Waals surface area contributed by atoms with Gasteiger partial charge in [0.25, 0.3) is 11.7 Å². The number of nitrogens with one attached hydrogen (secondary N) is 1. The molecule has 2 aromatic carbocycles. The van der Waals surface area contributed by atoms with Crippen molar-refractivity contribution >= 4 is 11.7 Å². The van der Waals surface area contributed by atoms with Crippen LogP contribution in [0.4, 0.5) is 13.2 Å². The number of methoxy groups -OCH3 is 2. The summed E-state index contributed by atoms with van der Waals surface area (Å²) >= 11 is 0. The average molecular weight is 461 g/mol. The van der Waals surface area contributed by atoms with E-state index in [1.165, 1.54) is 44.9 Å². The second-order valence-electron chi connectivity index (χ2n) is 7.20. The third kappa shape index (κ3) is 5.00. The minimum atomic E-state index is -4.52. The number of aryl methyl sites for hydroxylation is 1. The summed E-state index contributed by atoms with van der Waals surface area (Å²) in [7, 11) is 2.98. The Morgan fingerprint density at radius 2 is 1.79 bits per heavy atom. The Morgan fingerprint density at radius 1 is 1.06 bits per heavy atom. The molecule has 0 aliphatic rings. The lowest BCUT2D eigenvalue weighted by atomic mass is 10.1. The summed E-state index contributed by atoms with van der Waals surface area (Å²) in [5.74, 6) is -0.659. The van der Waals surface area contributed by atoms with Gasteiger partial charge in [0.1, 0.15) is 11.5 Å². The number of carbonyl (C=O) groups is 2. The first-order valence-electron chi connectivity index (χ1n) is 9.84. The van der Waals surface area contributed by atoms with Gasteiger partial charge in [0, 0.05) is 12.1 Å². The molecule has 3 aromatic rings. The maximum absolute atomic E-state index is 13.1. The minimum Gasteiger partial charge on any atom is -0.497 e. The molecule has 0 bridgehead atoms. The van der Waals surface area contributed by atoms with Crippen molar-refractivity contribution in [1.82, 2.24) is 15.1 Å². The van der Waals surface area contributed by atoms with E-state index in [4.69, 9.17) is 9.47 Å². The van der Waals surface area contributed by atoms with E-state index in [-0.39, 0.29) is 29.2 Å². The summed E-state index contributed by atoms with van der Waals surface area (Å²) in [6.45, 7) is 3.04. The van der Waals surface area contributed by atoms with Crippen LogP contribution in [-0.2, 0) is 17.5 Å². The molecule has 0 unspecified atom stereocenters. The highest BCUT2D eigenvalue weighted by Crippen LogP contribution is 2.31. The summed E-state index contributed by atoms with van der Waals surface area (Å²) in [5, 5.41) is 6.73. The van der Waals surface area contributed by atoms with E-state index in [1.807, 2.05) is 0 Å². The second kappa shape index (κ2) is 9.35. The summed E-state index contributed by atoms with van der Waals surface area (Å²) < 4.78 is 50.9. The van der Waals surface area contributed by atoms with Crippen LogP contribution in [-0.4, -0.2) is 35.7 Å². The molecule has 174 valence electrons. The van der Waals surface area contributed by atoms with Crippen molar-refractivity contribution in [3.63, 3.8) is 0 Å². The molecule has 3 rings (SSSR count). The lowest BCUT2D eigenvalue weighted by Gasteiger charge is -2.11. The molecule has 1 heterocycles. The summed E-state index contributed by atoms with van der Waals surface area (Å²) in [6, 6.07) is 9.62. The third-order valence-corrected chi connectivity index (χ3v) is 5.07. The SMILES string of the molecule is COc1ccc(OC)c(CNC(=O)C(=O)c2c(C)nn(-c3cccc(C(F)(F)F)c3)c2C)c1. The Labute approximate surface area is 188 Å². The molecule has 0 aliphatic carbocycles. The van der Waals surface area contributed by atoms with E-state index in [0.717, 1.165) is 12.1 Å². The number of ketones is 1. The number of aromatic nitrogens is 2. The van der Waals surface area contributed by atoms with E-state index < -0.39 is 23.4 Å². The Morgan fingerprint density at radius 3 is 2.42 bits per heavy atom. The molecule has 7 nitrogen and oxygen atoms in total. The van der Waals surface area contributed by atoms with Crippen molar-refractivity contribution in [3.05, 3.63) is 70.5 Å². The van der Waals surface area contributed by atoms with E-state index in [0.29, 0.717) is 17.1 Å². The molecule has 0 saturated heterocycles. The largest absolute Gasteiger partial charge is 0.497 e. The highest BCUT2D eigenvalue weighted by atomic mass is 19.4. The van der Waals surface area contributed by atoms with Crippen LogP contribution in [0.3, 0.4) is 0 Å². The van der Waals surface area contributed by atoms with Crippen LogP contribution in [0.25, 0.3) is 5.69 Å². The molecule has 0 aliphatic heterocycles. The normalized spacial score (nSPS) is 11.2. The third-order valence-electron chi connectivity index (χ3n) is 5.07. The molecule has 0 spiro atoms. The van der Waals surface area contributed by atoms with Gasteiger partial charge in [-0.1, -0.05) is 6.07 Å². The lowest BCUT2D eigenvalue weighted by molar-refractivity contribution is -0.137. The highest BCUT2D eigenvalue weighted by Gasteiger charge is 2.31. The van der Waals surface area contributed by atoms with Crippen molar-refractivity contribution in [2.45, 2.75) is 26.6 Å². The quantitative estimate of drug-likeness (QED) is 0.425. The zero-order valence-electron chi connectivity index (χ0n) is 18.4. The first-order valence-corrected chi connectivity index (χ1v) is 9.84. The van der Waals surface area contributed by atoms with Gasteiger partial charge >= 0.3 is 6.18 Å². The number of ether oxygens (including phenoxy) is 2.